The van der Waals surface area contributed by atoms with E-state index in [9.17, 15) is 9.18 Å². The summed E-state index contributed by atoms with van der Waals surface area (Å²) in [6, 6.07) is 5.46. The van der Waals surface area contributed by atoms with Gasteiger partial charge in [-0.25, -0.2) is 9.37 Å². The third kappa shape index (κ3) is 2.53. The van der Waals surface area contributed by atoms with Crippen LogP contribution in [0, 0.1) is 17.2 Å². The zero-order valence-corrected chi connectivity index (χ0v) is 17.0. The number of aromatic nitrogens is 2. The van der Waals surface area contributed by atoms with E-state index in [1.54, 1.807) is 24.7 Å². The molecule has 4 bridgehead atoms. The number of benzene rings is 1. The van der Waals surface area contributed by atoms with E-state index in [1.807, 2.05) is 10.6 Å². The molecule has 2 saturated carbocycles. The molecule has 0 N–H and O–H groups in total. The molecule has 5 nitrogen and oxygen atoms in total. The summed E-state index contributed by atoms with van der Waals surface area (Å²) in [6.07, 6.45) is 10.5. The first-order valence-electron chi connectivity index (χ1n) is 11.0. The molecule has 0 amide bonds. The SMILES string of the molecule is C=CCON1C2CC3CC1CC(C(=O)CC1c4c(F)cccc4-c4cncn41)(C3)C2. The maximum absolute atomic E-state index is 14.8. The van der Waals surface area contributed by atoms with E-state index in [1.165, 1.54) is 6.07 Å². The molecule has 0 spiro atoms. The second-order valence-corrected chi connectivity index (χ2v) is 9.51. The molecular formula is C24H26FN3O2. The van der Waals surface area contributed by atoms with Gasteiger partial charge >= 0.3 is 0 Å². The van der Waals surface area contributed by atoms with Crippen molar-refractivity contribution in [2.75, 3.05) is 6.61 Å². The highest BCUT2D eigenvalue weighted by Gasteiger charge is 2.58. The number of halogens is 1. The van der Waals surface area contributed by atoms with Crippen molar-refractivity contribution in [1.82, 2.24) is 14.6 Å². The fourth-order valence-electron chi connectivity index (χ4n) is 6.87. The van der Waals surface area contributed by atoms with Gasteiger partial charge in [0.1, 0.15) is 11.6 Å². The van der Waals surface area contributed by atoms with Gasteiger partial charge < -0.3 is 4.57 Å². The third-order valence-corrected chi connectivity index (χ3v) is 7.84. The number of rotatable bonds is 6. The first kappa shape index (κ1) is 18.5. The molecule has 2 aliphatic carbocycles. The fraction of sp³-hybridized carbons (Fsp3) is 0.500. The predicted octanol–water partition coefficient (Wildman–Crippen LogP) is 4.30. The van der Waals surface area contributed by atoms with Crippen molar-refractivity contribution in [1.29, 1.82) is 0 Å². The van der Waals surface area contributed by atoms with Gasteiger partial charge in [-0.2, -0.15) is 5.06 Å². The number of carbonyl (C=O) groups is 1. The maximum atomic E-state index is 14.8. The Hall–Kier alpha value is -2.31. The van der Waals surface area contributed by atoms with E-state index >= 15 is 0 Å². The van der Waals surface area contributed by atoms with Gasteiger partial charge in [0.25, 0.3) is 0 Å². The van der Waals surface area contributed by atoms with Crippen molar-refractivity contribution < 1.29 is 14.0 Å². The normalized spacial score (nSPS) is 33.5. The number of ketones is 1. The molecule has 0 radical (unpaired) electrons. The fourth-order valence-corrected chi connectivity index (χ4v) is 6.87. The van der Waals surface area contributed by atoms with Gasteiger partial charge in [0.15, 0.2) is 0 Å². The summed E-state index contributed by atoms with van der Waals surface area (Å²) >= 11 is 0. The molecule has 4 heterocycles. The second-order valence-electron chi connectivity index (χ2n) is 9.51. The average Bonchev–Trinajstić information content (AvgIpc) is 3.30. The summed E-state index contributed by atoms with van der Waals surface area (Å²) in [5.41, 5.74) is 2.11. The van der Waals surface area contributed by atoms with E-state index in [0.29, 0.717) is 36.6 Å². The van der Waals surface area contributed by atoms with Crippen LogP contribution in [0.5, 0.6) is 0 Å². The standard InChI is InChI=1S/C24H26FN3O2/c1-2-6-30-28-16-7-15-8-17(28)12-24(10-15,11-16)22(29)9-20-23-18(4-3-5-19(23)25)21-13-26-14-27(20)21/h2-5,13-17,20H,1,6-12H2. The topological polar surface area (TPSA) is 47.4 Å². The number of nitrogens with zero attached hydrogens (tertiary/aromatic N) is 3. The minimum atomic E-state index is -0.299. The van der Waals surface area contributed by atoms with Crippen molar-refractivity contribution in [2.24, 2.45) is 11.3 Å². The van der Waals surface area contributed by atoms with Crippen LogP contribution in [0.25, 0.3) is 11.3 Å². The van der Waals surface area contributed by atoms with Crippen molar-refractivity contribution >= 4 is 5.78 Å². The van der Waals surface area contributed by atoms with E-state index < -0.39 is 0 Å². The molecule has 3 atom stereocenters. The largest absolute Gasteiger partial charge is 0.322 e. The van der Waals surface area contributed by atoms with Crippen LogP contribution in [0.3, 0.4) is 0 Å². The summed E-state index contributed by atoms with van der Waals surface area (Å²) in [5.74, 6) is 0.640. The summed E-state index contributed by atoms with van der Waals surface area (Å²) in [5, 5.41) is 2.15. The van der Waals surface area contributed by atoms with Gasteiger partial charge in [-0.05, 0) is 44.1 Å². The number of hydrogen-bond donors (Lipinski definition) is 0. The minimum absolute atomic E-state index is 0.233. The van der Waals surface area contributed by atoms with Gasteiger partial charge in [-0.1, -0.05) is 18.2 Å². The lowest BCUT2D eigenvalue weighted by Crippen LogP contribution is -2.63. The second kappa shape index (κ2) is 6.59. The lowest BCUT2D eigenvalue weighted by atomic mass is 9.54. The number of Topliss-reactive ketones (excluding diaryl/α,β-unsaturated/α-hetero) is 1. The molecule has 3 aliphatic heterocycles. The Morgan fingerprint density at radius 2 is 2.10 bits per heavy atom. The maximum Gasteiger partial charge on any atom is 0.141 e. The van der Waals surface area contributed by atoms with Gasteiger partial charge in [-0.15, -0.1) is 6.58 Å². The van der Waals surface area contributed by atoms with Crippen molar-refractivity contribution in [2.45, 2.75) is 56.7 Å². The molecule has 4 fully saturated rings. The Morgan fingerprint density at radius 1 is 1.30 bits per heavy atom. The average molecular weight is 407 g/mol. The number of piperidine rings is 2. The molecule has 30 heavy (non-hydrogen) atoms. The van der Waals surface area contributed by atoms with E-state index in [0.717, 1.165) is 43.4 Å². The Kier molecular flexibility index (Phi) is 4.06. The third-order valence-electron chi connectivity index (χ3n) is 7.84. The van der Waals surface area contributed by atoms with Gasteiger partial charge in [0.05, 0.1) is 30.9 Å². The Labute approximate surface area is 175 Å². The molecule has 156 valence electrons. The van der Waals surface area contributed by atoms with E-state index in [4.69, 9.17) is 4.84 Å². The van der Waals surface area contributed by atoms with E-state index in [-0.39, 0.29) is 23.1 Å². The van der Waals surface area contributed by atoms with Crippen LogP contribution >= 0.6 is 0 Å². The van der Waals surface area contributed by atoms with E-state index in [2.05, 4.69) is 16.6 Å². The van der Waals surface area contributed by atoms with Crippen LogP contribution in [-0.2, 0) is 9.63 Å². The highest BCUT2D eigenvalue weighted by atomic mass is 19.1. The van der Waals surface area contributed by atoms with Crippen LogP contribution < -0.4 is 0 Å². The number of carbonyl (C=O) groups excluding carboxylic acids is 1. The Morgan fingerprint density at radius 3 is 2.87 bits per heavy atom. The van der Waals surface area contributed by atoms with Crippen LogP contribution in [0.4, 0.5) is 4.39 Å². The number of imidazole rings is 1. The molecule has 1 aromatic heterocycles. The lowest BCUT2D eigenvalue weighted by Gasteiger charge is -2.60. The molecule has 5 aliphatic rings. The van der Waals surface area contributed by atoms with Crippen molar-refractivity contribution in [3.63, 3.8) is 0 Å². The zero-order chi connectivity index (χ0) is 20.5. The van der Waals surface area contributed by atoms with Crippen LogP contribution in [0.1, 0.15) is 50.1 Å². The number of hydrogen-bond acceptors (Lipinski definition) is 4. The van der Waals surface area contributed by atoms with Crippen LogP contribution in [-0.4, -0.2) is 39.1 Å². The molecule has 7 rings (SSSR count). The molecule has 2 aromatic rings. The molecule has 1 aromatic carbocycles. The summed E-state index contributed by atoms with van der Waals surface area (Å²) in [7, 11) is 0. The Bertz CT molecular complexity index is 1020. The van der Waals surface area contributed by atoms with Crippen LogP contribution in [0.15, 0.2) is 43.4 Å². The highest BCUT2D eigenvalue weighted by molar-refractivity contribution is 5.87. The molecule has 6 heteroatoms. The van der Waals surface area contributed by atoms with Gasteiger partial charge in [0.2, 0.25) is 0 Å². The highest BCUT2D eigenvalue weighted by Crippen LogP contribution is 2.57. The first-order chi connectivity index (χ1) is 14.6. The number of hydroxylamine groups is 2. The summed E-state index contributed by atoms with van der Waals surface area (Å²) < 4.78 is 16.8. The minimum Gasteiger partial charge on any atom is -0.322 e. The van der Waals surface area contributed by atoms with Crippen molar-refractivity contribution in [3.05, 3.63) is 54.8 Å². The van der Waals surface area contributed by atoms with Gasteiger partial charge in [0, 0.05) is 35.0 Å². The monoisotopic (exact) mass is 407 g/mol. The lowest BCUT2D eigenvalue weighted by molar-refractivity contribution is -0.272. The first-order valence-corrected chi connectivity index (χ1v) is 11.0. The summed E-state index contributed by atoms with van der Waals surface area (Å²) in [6.45, 7) is 4.27. The predicted molar refractivity (Wildman–Crippen MR) is 110 cm³/mol. The molecule has 3 unspecified atom stereocenters. The quantitative estimate of drug-likeness (QED) is 0.670. The Balaban J connectivity index is 1.29. The van der Waals surface area contributed by atoms with Crippen molar-refractivity contribution in [3.8, 4) is 11.3 Å². The van der Waals surface area contributed by atoms with Gasteiger partial charge in [-0.3, -0.25) is 9.63 Å². The smallest absolute Gasteiger partial charge is 0.141 e. The van der Waals surface area contributed by atoms with Crippen LogP contribution in [0.2, 0.25) is 0 Å². The zero-order valence-electron chi connectivity index (χ0n) is 17.0. The molecule has 2 saturated heterocycles. The summed E-state index contributed by atoms with van der Waals surface area (Å²) in [4.78, 5) is 24.0. The molecular weight excluding hydrogens is 381 g/mol. The number of fused-ring (bicyclic) bond motifs is 3.